The van der Waals surface area contributed by atoms with E-state index in [0.717, 1.165) is 28.2 Å². The van der Waals surface area contributed by atoms with Gasteiger partial charge in [0.1, 0.15) is 23.8 Å². The van der Waals surface area contributed by atoms with Crippen LogP contribution in [0.5, 0.6) is 0 Å². The topological polar surface area (TPSA) is 50.8 Å². The monoisotopic (exact) mass is 443 g/mol. The molecule has 0 saturated heterocycles. The second-order valence-electron chi connectivity index (χ2n) is 8.83. The summed E-state index contributed by atoms with van der Waals surface area (Å²) in [6, 6.07) is 9.87. The largest absolute Gasteiger partial charge is 0.361 e. The molecule has 0 bridgehead atoms. The van der Waals surface area contributed by atoms with Gasteiger partial charge in [-0.15, -0.1) is 0 Å². The maximum atomic E-state index is 15.1. The Balaban J connectivity index is 2.07. The summed E-state index contributed by atoms with van der Waals surface area (Å²) < 4.78 is 23.0. The van der Waals surface area contributed by atoms with E-state index in [1.165, 1.54) is 6.07 Å². The molecule has 0 fully saturated rings. The van der Waals surface area contributed by atoms with Crippen LogP contribution in [0.4, 0.5) is 4.39 Å². The number of pyridine rings is 1. The number of halogens is 2. The standard InChI is InChI=1S/C23H27ClFN3OSi/c1-15-16(2)28(14-29-9-10-30(3,4)5)23-17(13-26)11-20(25)19(22(15)23)12-18-7-6-8-21(24)27-18/h6-8,11H,9-10,12,14H2,1-5H3. The average Bonchev–Trinajstić information content (AvgIpc) is 2.91. The number of nitrogens with zero attached hydrogens (tertiary/aromatic N) is 3. The van der Waals surface area contributed by atoms with Crippen molar-refractivity contribution in [1.29, 1.82) is 5.26 Å². The number of aromatic nitrogens is 2. The van der Waals surface area contributed by atoms with Gasteiger partial charge < -0.3 is 9.30 Å². The zero-order chi connectivity index (χ0) is 22.1. The van der Waals surface area contributed by atoms with E-state index in [1.54, 1.807) is 12.1 Å². The van der Waals surface area contributed by atoms with Gasteiger partial charge >= 0.3 is 0 Å². The van der Waals surface area contributed by atoms with Crippen molar-refractivity contribution in [2.75, 3.05) is 6.61 Å². The fourth-order valence-corrected chi connectivity index (χ4v) is 4.54. The second kappa shape index (κ2) is 8.89. The molecule has 1 aromatic carbocycles. The van der Waals surface area contributed by atoms with Crippen LogP contribution in [0.2, 0.25) is 30.8 Å². The van der Waals surface area contributed by atoms with E-state index < -0.39 is 13.9 Å². The molecular formula is C23H27ClFN3OSi. The number of rotatable bonds is 7. The molecule has 158 valence electrons. The molecule has 7 heteroatoms. The van der Waals surface area contributed by atoms with Gasteiger partial charge in [0.15, 0.2) is 0 Å². The molecule has 30 heavy (non-hydrogen) atoms. The molecule has 0 aliphatic rings. The minimum Gasteiger partial charge on any atom is -0.361 e. The molecule has 4 nitrogen and oxygen atoms in total. The summed E-state index contributed by atoms with van der Waals surface area (Å²) in [5.41, 5.74) is 4.17. The molecule has 3 aromatic rings. The minimum absolute atomic E-state index is 0.301. The lowest BCUT2D eigenvalue weighted by Gasteiger charge is -2.16. The predicted molar refractivity (Wildman–Crippen MR) is 122 cm³/mol. The van der Waals surface area contributed by atoms with Crippen LogP contribution in [0, 0.1) is 31.0 Å². The average molecular weight is 444 g/mol. The minimum atomic E-state index is -1.19. The maximum absolute atomic E-state index is 15.1. The van der Waals surface area contributed by atoms with Crippen LogP contribution >= 0.6 is 11.6 Å². The van der Waals surface area contributed by atoms with E-state index in [9.17, 15) is 5.26 Å². The lowest BCUT2D eigenvalue weighted by molar-refractivity contribution is 0.0889. The molecular weight excluding hydrogens is 417 g/mol. The Morgan fingerprint density at radius 1 is 1.27 bits per heavy atom. The molecule has 0 spiro atoms. The maximum Gasteiger partial charge on any atom is 0.129 e. The van der Waals surface area contributed by atoms with Crippen molar-refractivity contribution in [3.8, 4) is 6.07 Å². The fraction of sp³-hybridized carbons (Fsp3) is 0.391. The summed E-state index contributed by atoms with van der Waals surface area (Å²) in [7, 11) is -1.19. The Bertz CT molecular complexity index is 1130. The highest BCUT2D eigenvalue weighted by atomic mass is 35.5. The van der Waals surface area contributed by atoms with Crippen LogP contribution in [0.15, 0.2) is 24.3 Å². The zero-order valence-corrected chi connectivity index (χ0v) is 19.9. The van der Waals surface area contributed by atoms with Crippen LogP contribution in [-0.4, -0.2) is 24.2 Å². The van der Waals surface area contributed by atoms with Gasteiger partial charge in [-0.3, -0.25) is 0 Å². The number of ether oxygens (including phenoxy) is 1. The van der Waals surface area contributed by atoms with Crippen LogP contribution in [0.1, 0.15) is 28.1 Å². The van der Waals surface area contributed by atoms with Gasteiger partial charge in [0, 0.05) is 43.4 Å². The van der Waals surface area contributed by atoms with Gasteiger partial charge in [-0.25, -0.2) is 9.37 Å². The Labute approximate surface area is 183 Å². The van der Waals surface area contributed by atoms with Crippen molar-refractivity contribution < 1.29 is 9.13 Å². The van der Waals surface area contributed by atoms with Crippen molar-refractivity contribution in [1.82, 2.24) is 9.55 Å². The quantitative estimate of drug-likeness (QED) is 0.247. The highest BCUT2D eigenvalue weighted by Gasteiger charge is 2.22. The zero-order valence-electron chi connectivity index (χ0n) is 18.1. The lowest BCUT2D eigenvalue weighted by Crippen LogP contribution is -2.22. The van der Waals surface area contributed by atoms with Gasteiger partial charge in [0.25, 0.3) is 0 Å². The number of hydrogen-bond donors (Lipinski definition) is 0. The van der Waals surface area contributed by atoms with Crippen molar-refractivity contribution >= 4 is 30.6 Å². The third-order valence-corrected chi connectivity index (χ3v) is 7.33. The van der Waals surface area contributed by atoms with E-state index in [1.807, 2.05) is 24.5 Å². The van der Waals surface area contributed by atoms with Crippen molar-refractivity contribution in [2.45, 2.75) is 52.7 Å². The molecule has 3 rings (SSSR count). The third kappa shape index (κ3) is 4.75. The van der Waals surface area contributed by atoms with Crippen molar-refractivity contribution in [3.05, 3.63) is 63.3 Å². The van der Waals surface area contributed by atoms with Gasteiger partial charge in [0.2, 0.25) is 0 Å². The van der Waals surface area contributed by atoms with Gasteiger partial charge in [0.05, 0.1) is 11.1 Å². The van der Waals surface area contributed by atoms with Crippen LogP contribution in [0.3, 0.4) is 0 Å². The van der Waals surface area contributed by atoms with E-state index in [-0.39, 0.29) is 0 Å². The number of aryl methyl sites for hydroxylation is 1. The molecule has 0 aliphatic carbocycles. The smallest absolute Gasteiger partial charge is 0.129 e. The molecule has 0 saturated carbocycles. The number of hydrogen-bond acceptors (Lipinski definition) is 3. The summed E-state index contributed by atoms with van der Waals surface area (Å²) in [5.74, 6) is -0.402. The van der Waals surface area contributed by atoms with Gasteiger partial charge in [-0.2, -0.15) is 5.26 Å². The first-order valence-corrected chi connectivity index (χ1v) is 14.1. The molecule has 0 amide bonds. The Kier molecular flexibility index (Phi) is 6.66. The van der Waals surface area contributed by atoms with Crippen LogP contribution in [0.25, 0.3) is 10.9 Å². The molecule has 2 aromatic heterocycles. The first kappa shape index (κ1) is 22.5. The van der Waals surface area contributed by atoms with Gasteiger partial charge in [-0.1, -0.05) is 37.3 Å². The van der Waals surface area contributed by atoms with E-state index >= 15 is 4.39 Å². The summed E-state index contributed by atoms with van der Waals surface area (Å²) in [6.07, 6.45) is 0.301. The SMILES string of the molecule is Cc1c(C)n(COCC[Si](C)(C)C)c2c(C#N)cc(F)c(Cc3cccc(Cl)n3)c12. The molecule has 0 radical (unpaired) electrons. The molecule has 0 N–H and O–H groups in total. The van der Waals surface area contributed by atoms with Crippen LogP contribution in [-0.2, 0) is 17.9 Å². The van der Waals surface area contributed by atoms with Crippen molar-refractivity contribution in [3.63, 3.8) is 0 Å². The lowest BCUT2D eigenvalue weighted by atomic mass is 9.98. The molecule has 0 aliphatic heterocycles. The summed E-state index contributed by atoms with van der Waals surface area (Å²) >= 11 is 6.01. The highest BCUT2D eigenvalue weighted by Crippen LogP contribution is 2.34. The summed E-state index contributed by atoms with van der Waals surface area (Å²) in [5, 5.41) is 10.8. The van der Waals surface area contributed by atoms with E-state index in [0.29, 0.717) is 41.7 Å². The molecule has 2 heterocycles. The Hall–Kier alpha value is -2.20. The normalized spacial score (nSPS) is 11.8. The first-order valence-electron chi connectivity index (χ1n) is 10.0. The fourth-order valence-electron chi connectivity index (χ4n) is 3.60. The predicted octanol–water partition coefficient (Wildman–Crippen LogP) is 6.22. The summed E-state index contributed by atoms with van der Waals surface area (Å²) in [6.45, 7) is 11.9. The van der Waals surface area contributed by atoms with Gasteiger partial charge in [-0.05, 0) is 43.7 Å². The second-order valence-corrected chi connectivity index (χ2v) is 14.8. The van der Waals surface area contributed by atoms with Crippen LogP contribution < -0.4 is 0 Å². The Morgan fingerprint density at radius 2 is 2.00 bits per heavy atom. The highest BCUT2D eigenvalue weighted by molar-refractivity contribution is 6.76. The third-order valence-electron chi connectivity index (χ3n) is 5.41. The summed E-state index contributed by atoms with van der Waals surface area (Å²) in [4.78, 5) is 4.31. The number of fused-ring (bicyclic) bond motifs is 1. The molecule has 0 atom stereocenters. The van der Waals surface area contributed by atoms with Crippen molar-refractivity contribution in [2.24, 2.45) is 0 Å². The van der Waals surface area contributed by atoms with E-state index in [4.69, 9.17) is 16.3 Å². The first-order chi connectivity index (χ1) is 14.1. The number of nitriles is 1. The number of benzene rings is 1. The molecule has 0 unspecified atom stereocenters. The van der Waals surface area contributed by atoms with E-state index in [2.05, 4.69) is 30.7 Å². The Morgan fingerprint density at radius 3 is 2.63 bits per heavy atom.